The molecule has 0 aromatic heterocycles. The minimum atomic E-state index is -0.496. The summed E-state index contributed by atoms with van der Waals surface area (Å²) >= 11 is 0. The molecule has 0 unspecified atom stereocenters. The van der Waals surface area contributed by atoms with Crippen LogP contribution < -0.4 is 4.74 Å². The van der Waals surface area contributed by atoms with E-state index < -0.39 is 10.9 Å². The molecule has 0 bridgehead atoms. The van der Waals surface area contributed by atoms with Crippen LogP contribution in [0.4, 0.5) is 5.69 Å². The first-order valence-electron chi connectivity index (χ1n) is 5.92. The van der Waals surface area contributed by atoms with Crippen LogP contribution in [0.2, 0.25) is 0 Å². The van der Waals surface area contributed by atoms with E-state index in [1.807, 2.05) is 0 Å². The maximum absolute atomic E-state index is 11.2. The van der Waals surface area contributed by atoms with Gasteiger partial charge in [-0.25, -0.2) is 4.79 Å². The Balaban J connectivity index is 3.04. The van der Waals surface area contributed by atoms with Crippen molar-refractivity contribution in [3.05, 3.63) is 32.9 Å². The second kappa shape index (κ2) is 6.17. The van der Waals surface area contributed by atoms with Gasteiger partial charge in [-0.2, -0.15) is 0 Å². The number of aryl methyl sites for hydroxylation is 2. The summed E-state index contributed by atoms with van der Waals surface area (Å²) in [5.74, 6) is -0.130. The molecule has 1 aromatic carbocycles. The van der Waals surface area contributed by atoms with Gasteiger partial charge in [0.05, 0.1) is 17.1 Å². The predicted octanol–water partition coefficient (Wildman–Crippen LogP) is 2.46. The van der Waals surface area contributed by atoms with Crippen LogP contribution in [0.25, 0.3) is 0 Å². The summed E-state index contributed by atoms with van der Waals surface area (Å²) in [6, 6.07) is 1.67. The first kappa shape index (κ1) is 14.9. The summed E-state index contributed by atoms with van der Waals surface area (Å²) in [4.78, 5) is 21.8. The Kier molecular flexibility index (Phi) is 4.86. The standard InChI is InChI=1S/C13H17NO5/c1-5-18-11(15)7-19-13-9(3)6-8(2)12(10(13)4)14(16)17/h6H,5,7H2,1-4H3. The van der Waals surface area contributed by atoms with Crippen LogP contribution in [0.3, 0.4) is 0 Å². The highest BCUT2D eigenvalue weighted by molar-refractivity contribution is 5.71. The lowest BCUT2D eigenvalue weighted by Gasteiger charge is -2.13. The number of rotatable bonds is 5. The molecule has 0 fully saturated rings. The van der Waals surface area contributed by atoms with Crippen molar-refractivity contribution >= 4 is 11.7 Å². The zero-order valence-electron chi connectivity index (χ0n) is 11.5. The monoisotopic (exact) mass is 267 g/mol. The number of benzene rings is 1. The lowest BCUT2D eigenvalue weighted by Crippen LogP contribution is -2.15. The summed E-state index contributed by atoms with van der Waals surface area (Å²) in [5, 5.41) is 11.0. The quantitative estimate of drug-likeness (QED) is 0.465. The van der Waals surface area contributed by atoms with E-state index in [1.54, 1.807) is 33.8 Å². The number of nitro benzene ring substituents is 1. The molecule has 6 nitrogen and oxygen atoms in total. The highest BCUT2D eigenvalue weighted by Crippen LogP contribution is 2.34. The first-order chi connectivity index (χ1) is 8.88. The number of ether oxygens (including phenoxy) is 2. The molecule has 0 amide bonds. The Morgan fingerprint density at radius 3 is 2.47 bits per heavy atom. The van der Waals surface area contributed by atoms with Crippen molar-refractivity contribution in [2.75, 3.05) is 13.2 Å². The molecule has 0 N–H and O–H groups in total. The molecule has 6 heteroatoms. The van der Waals surface area contributed by atoms with E-state index >= 15 is 0 Å². The zero-order chi connectivity index (χ0) is 14.6. The number of carbonyl (C=O) groups is 1. The third kappa shape index (κ3) is 3.43. The van der Waals surface area contributed by atoms with Gasteiger partial charge in [-0.15, -0.1) is 0 Å². The van der Waals surface area contributed by atoms with Gasteiger partial charge in [0.2, 0.25) is 0 Å². The van der Waals surface area contributed by atoms with Crippen LogP contribution in [0.15, 0.2) is 6.07 Å². The Bertz CT molecular complexity index is 510. The molecule has 1 rings (SSSR count). The Morgan fingerprint density at radius 2 is 1.95 bits per heavy atom. The molecule has 0 aliphatic heterocycles. The zero-order valence-corrected chi connectivity index (χ0v) is 11.5. The minimum Gasteiger partial charge on any atom is -0.481 e. The van der Waals surface area contributed by atoms with Crippen LogP contribution in [-0.2, 0) is 9.53 Å². The molecule has 0 saturated heterocycles. The summed E-state index contributed by atoms with van der Waals surface area (Å²) < 4.78 is 10.1. The molecule has 19 heavy (non-hydrogen) atoms. The largest absolute Gasteiger partial charge is 0.481 e. The second-order valence-electron chi connectivity index (χ2n) is 4.16. The molecule has 0 spiro atoms. The van der Waals surface area contributed by atoms with Gasteiger partial charge < -0.3 is 9.47 Å². The maximum Gasteiger partial charge on any atom is 0.344 e. The van der Waals surface area contributed by atoms with Crippen molar-refractivity contribution in [1.82, 2.24) is 0 Å². The van der Waals surface area contributed by atoms with Crippen LogP contribution in [-0.4, -0.2) is 24.1 Å². The number of hydrogen-bond donors (Lipinski definition) is 0. The van der Waals surface area contributed by atoms with Crippen molar-refractivity contribution in [1.29, 1.82) is 0 Å². The summed E-state index contributed by atoms with van der Waals surface area (Å²) in [5.41, 5.74) is 1.77. The lowest BCUT2D eigenvalue weighted by molar-refractivity contribution is -0.386. The second-order valence-corrected chi connectivity index (χ2v) is 4.16. The number of hydrogen-bond acceptors (Lipinski definition) is 5. The molecule has 0 aliphatic carbocycles. The normalized spacial score (nSPS) is 10.1. The molecule has 0 radical (unpaired) electrons. The van der Waals surface area contributed by atoms with Crippen LogP contribution in [0.5, 0.6) is 5.75 Å². The fraction of sp³-hybridized carbons (Fsp3) is 0.462. The van der Waals surface area contributed by atoms with Gasteiger partial charge in [0, 0.05) is 5.56 Å². The summed E-state index contributed by atoms with van der Waals surface area (Å²) in [6.07, 6.45) is 0. The van der Waals surface area contributed by atoms with Crippen molar-refractivity contribution in [2.45, 2.75) is 27.7 Å². The molecular formula is C13H17NO5. The minimum absolute atomic E-state index is 0.0180. The number of nitro groups is 1. The number of carbonyl (C=O) groups excluding carboxylic acids is 1. The molecule has 1 aromatic rings. The van der Waals surface area contributed by atoms with E-state index in [2.05, 4.69) is 0 Å². The fourth-order valence-electron chi connectivity index (χ4n) is 1.99. The third-order valence-corrected chi connectivity index (χ3v) is 2.68. The molecule has 104 valence electrons. The van der Waals surface area contributed by atoms with Crippen molar-refractivity contribution < 1.29 is 19.2 Å². The average molecular weight is 267 g/mol. The Morgan fingerprint density at radius 1 is 1.32 bits per heavy atom. The highest BCUT2D eigenvalue weighted by atomic mass is 16.6. The molecule has 0 atom stereocenters. The average Bonchev–Trinajstić information content (AvgIpc) is 2.27. The first-order valence-corrected chi connectivity index (χ1v) is 5.92. The Labute approximate surface area is 111 Å². The van der Waals surface area contributed by atoms with E-state index in [1.165, 1.54) is 0 Å². The van der Waals surface area contributed by atoms with E-state index in [9.17, 15) is 14.9 Å². The topological polar surface area (TPSA) is 78.7 Å². The van der Waals surface area contributed by atoms with Gasteiger partial charge >= 0.3 is 5.97 Å². The van der Waals surface area contributed by atoms with E-state index in [-0.39, 0.29) is 18.9 Å². The van der Waals surface area contributed by atoms with Crippen molar-refractivity contribution in [3.8, 4) is 5.75 Å². The van der Waals surface area contributed by atoms with Gasteiger partial charge in [0.25, 0.3) is 5.69 Å². The van der Waals surface area contributed by atoms with Gasteiger partial charge in [0.15, 0.2) is 6.61 Å². The Hall–Kier alpha value is -2.11. The molecule has 0 heterocycles. The predicted molar refractivity (Wildman–Crippen MR) is 69.4 cm³/mol. The summed E-state index contributed by atoms with van der Waals surface area (Å²) in [6.45, 7) is 6.78. The van der Waals surface area contributed by atoms with Crippen LogP contribution in [0, 0.1) is 30.9 Å². The van der Waals surface area contributed by atoms with Crippen LogP contribution in [0.1, 0.15) is 23.6 Å². The maximum atomic E-state index is 11.2. The third-order valence-electron chi connectivity index (χ3n) is 2.68. The molecule has 0 saturated carbocycles. The van der Waals surface area contributed by atoms with E-state index in [4.69, 9.17) is 9.47 Å². The summed E-state index contributed by atoms with van der Waals surface area (Å²) in [7, 11) is 0. The van der Waals surface area contributed by atoms with Gasteiger partial charge in [-0.1, -0.05) is 0 Å². The van der Waals surface area contributed by atoms with Crippen LogP contribution >= 0.6 is 0 Å². The highest BCUT2D eigenvalue weighted by Gasteiger charge is 2.21. The van der Waals surface area contributed by atoms with E-state index in [0.29, 0.717) is 16.9 Å². The SMILES string of the molecule is CCOC(=O)COc1c(C)cc(C)c([N+](=O)[O-])c1C. The van der Waals surface area contributed by atoms with Crippen molar-refractivity contribution in [2.24, 2.45) is 0 Å². The van der Waals surface area contributed by atoms with Gasteiger partial charge in [0.1, 0.15) is 5.75 Å². The smallest absolute Gasteiger partial charge is 0.344 e. The number of esters is 1. The molecular weight excluding hydrogens is 250 g/mol. The molecule has 0 aliphatic rings. The number of nitrogens with zero attached hydrogens (tertiary/aromatic N) is 1. The fourth-order valence-corrected chi connectivity index (χ4v) is 1.99. The van der Waals surface area contributed by atoms with E-state index in [0.717, 1.165) is 5.56 Å². The van der Waals surface area contributed by atoms with Crippen molar-refractivity contribution in [3.63, 3.8) is 0 Å². The van der Waals surface area contributed by atoms with Gasteiger partial charge in [-0.3, -0.25) is 10.1 Å². The van der Waals surface area contributed by atoms with Gasteiger partial charge in [-0.05, 0) is 39.3 Å². The lowest BCUT2D eigenvalue weighted by atomic mass is 10.0.